The molecule has 1 aliphatic rings. The molecule has 0 amide bonds. The van der Waals surface area contributed by atoms with Gasteiger partial charge < -0.3 is 10.2 Å². The molecule has 1 aliphatic heterocycles. The summed E-state index contributed by atoms with van der Waals surface area (Å²) in [5.74, 6) is 0. The standard InChI is InChI=1S/C6H14N2/c1-7-4-3-6-5-8(6)2/h6-7H,3-5H2,1-2H3. The Balaban J connectivity index is 1.89. The Hall–Kier alpha value is -0.0800. The van der Waals surface area contributed by atoms with Gasteiger partial charge in [-0.2, -0.15) is 0 Å². The fourth-order valence-electron chi connectivity index (χ4n) is 0.908. The number of nitrogens with one attached hydrogen (secondary N) is 1. The van der Waals surface area contributed by atoms with Gasteiger partial charge in [0.25, 0.3) is 0 Å². The molecule has 0 aliphatic carbocycles. The van der Waals surface area contributed by atoms with Crippen LogP contribution in [0.2, 0.25) is 0 Å². The van der Waals surface area contributed by atoms with E-state index in [9.17, 15) is 0 Å². The highest BCUT2D eigenvalue weighted by Crippen LogP contribution is 2.15. The Morgan fingerprint density at radius 2 is 2.38 bits per heavy atom. The van der Waals surface area contributed by atoms with Gasteiger partial charge in [0.2, 0.25) is 0 Å². The summed E-state index contributed by atoms with van der Waals surface area (Å²) in [6.45, 7) is 2.47. The summed E-state index contributed by atoms with van der Waals surface area (Å²) in [7, 11) is 4.17. The zero-order valence-electron chi connectivity index (χ0n) is 5.65. The Morgan fingerprint density at radius 1 is 1.75 bits per heavy atom. The molecule has 8 heavy (non-hydrogen) atoms. The van der Waals surface area contributed by atoms with Crippen molar-refractivity contribution in [3.05, 3.63) is 0 Å². The lowest BCUT2D eigenvalue weighted by atomic mass is 10.3. The summed E-state index contributed by atoms with van der Waals surface area (Å²) >= 11 is 0. The molecule has 2 atom stereocenters. The molecule has 0 aromatic carbocycles. The first-order chi connectivity index (χ1) is 3.84. The maximum Gasteiger partial charge on any atom is 0.0232 e. The van der Waals surface area contributed by atoms with Crippen molar-refractivity contribution in [2.24, 2.45) is 0 Å². The monoisotopic (exact) mass is 114 g/mol. The molecule has 0 aromatic rings. The van der Waals surface area contributed by atoms with E-state index in [1.165, 1.54) is 13.0 Å². The van der Waals surface area contributed by atoms with Crippen LogP contribution in [0.5, 0.6) is 0 Å². The lowest BCUT2D eigenvalue weighted by Crippen LogP contribution is -2.11. The van der Waals surface area contributed by atoms with Crippen LogP contribution in [-0.4, -0.2) is 38.1 Å². The minimum Gasteiger partial charge on any atom is -0.320 e. The van der Waals surface area contributed by atoms with Crippen LogP contribution in [0.3, 0.4) is 0 Å². The quantitative estimate of drug-likeness (QED) is 0.516. The highest BCUT2D eigenvalue weighted by Gasteiger charge is 2.27. The maximum atomic E-state index is 3.13. The van der Waals surface area contributed by atoms with E-state index in [0.717, 1.165) is 12.6 Å². The van der Waals surface area contributed by atoms with Crippen LogP contribution in [0.1, 0.15) is 6.42 Å². The van der Waals surface area contributed by atoms with E-state index < -0.39 is 0 Å². The van der Waals surface area contributed by atoms with Crippen LogP contribution in [0.25, 0.3) is 0 Å². The van der Waals surface area contributed by atoms with E-state index in [1.807, 2.05) is 7.05 Å². The molecule has 0 saturated carbocycles. The van der Waals surface area contributed by atoms with Gasteiger partial charge in [0.15, 0.2) is 0 Å². The molecule has 1 N–H and O–H groups in total. The molecule has 0 bridgehead atoms. The fourth-order valence-corrected chi connectivity index (χ4v) is 0.908. The molecule has 2 nitrogen and oxygen atoms in total. The summed E-state index contributed by atoms with van der Waals surface area (Å²) in [4.78, 5) is 2.36. The minimum absolute atomic E-state index is 0.891. The van der Waals surface area contributed by atoms with Crippen molar-refractivity contribution in [3.63, 3.8) is 0 Å². The molecule has 48 valence electrons. The van der Waals surface area contributed by atoms with Crippen molar-refractivity contribution >= 4 is 0 Å². The zero-order chi connectivity index (χ0) is 5.98. The van der Waals surface area contributed by atoms with Crippen molar-refractivity contribution in [1.29, 1.82) is 0 Å². The number of likely N-dealkylation sites (N-methyl/N-ethyl adjacent to an activating group) is 1. The lowest BCUT2D eigenvalue weighted by Gasteiger charge is -1.94. The molecule has 2 heteroatoms. The minimum atomic E-state index is 0.891. The van der Waals surface area contributed by atoms with Gasteiger partial charge in [-0.3, -0.25) is 0 Å². The first-order valence-electron chi connectivity index (χ1n) is 3.19. The number of hydrogen-bond acceptors (Lipinski definition) is 2. The largest absolute Gasteiger partial charge is 0.320 e. The van der Waals surface area contributed by atoms with Gasteiger partial charge in [0.05, 0.1) is 0 Å². The van der Waals surface area contributed by atoms with E-state index in [2.05, 4.69) is 17.3 Å². The van der Waals surface area contributed by atoms with Crippen LogP contribution < -0.4 is 5.32 Å². The van der Waals surface area contributed by atoms with E-state index in [4.69, 9.17) is 0 Å². The van der Waals surface area contributed by atoms with Crippen molar-refractivity contribution < 1.29 is 0 Å². The summed E-state index contributed by atoms with van der Waals surface area (Å²) in [5, 5.41) is 3.13. The van der Waals surface area contributed by atoms with Gasteiger partial charge in [0.1, 0.15) is 0 Å². The second-order valence-electron chi connectivity index (χ2n) is 2.49. The highest BCUT2D eigenvalue weighted by atomic mass is 15.3. The maximum absolute atomic E-state index is 3.13. The average molecular weight is 114 g/mol. The van der Waals surface area contributed by atoms with Crippen molar-refractivity contribution in [2.75, 3.05) is 27.2 Å². The van der Waals surface area contributed by atoms with Crippen molar-refractivity contribution in [2.45, 2.75) is 12.5 Å². The third-order valence-corrected chi connectivity index (χ3v) is 1.72. The van der Waals surface area contributed by atoms with Gasteiger partial charge in [-0.25, -0.2) is 0 Å². The molecular weight excluding hydrogens is 100 g/mol. The Morgan fingerprint density at radius 3 is 2.75 bits per heavy atom. The van der Waals surface area contributed by atoms with E-state index >= 15 is 0 Å². The summed E-state index contributed by atoms with van der Waals surface area (Å²) in [6.07, 6.45) is 1.31. The predicted octanol–water partition coefficient (Wildman–Crippen LogP) is -0.0901. The Labute approximate surface area is 50.9 Å². The molecule has 1 rings (SSSR count). The van der Waals surface area contributed by atoms with Crippen LogP contribution in [0.4, 0.5) is 0 Å². The molecule has 0 aromatic heterocycles. The third-order valence-electron chi connectivity index (χ3n) is 1.72. The highest BCUT2D eigenvalue weighted by molar-refractivity contribution is 4.85. The van der Waals surface area contributed by atoms with Crippen LogP contribution in [-0.2, 0) is 0 Å². The van der Waals surface area contributed by atoms with Crippen molar-refractivity contribution in [1.82, 2.24) is 10.2 Å². The van der Waals surface area contributed by atoms with Gasteiger partial charge in [-0.05, 0) is 27.1 Å². The van der Waals surface area contributed by atoms with E-state index in [0.29, 0.717) is 0 Å². The summed E-state index contributed by atoms with van der Waals surface area (Å²) in [6, 6.07) is 0.891. The topological polar surface area (TPSA) is 15.0 Å². The van der Waals surface area contributed by atoms with Crippen molar-refractivity contribution in [3.8, 4) is 0 Å². The van der Waals surface area contributed by atoms with Crippen LogP contribution >= 0.6 is 0 Å². The number of rotatable bonds is 3. The third kappa shape index (κ3) is 1.46. The van der Waals surface area contributed by atoms with E-state index in [-0.39, 0.29) is 0 Å². The summed E-state index contributed by atoms with van der Waals surface area (Å²) in [5.41, 5.74) is 0. The molecule has 0 spiro atoms. The van der Waals surface area contributed by atoms with Gasteiger partial charge >= 0.3 is 0 Å². The first-order valence-corrected chi connectivity index (χ1v) is 3.19. The molecule has 2 unspecified atom stereocenters. The number of hydrogen-bond donors (Lipinski definition) is 1. The predicted molar refractivity (Wildman–Crippen MR) is 35.0 cm³/mol. The molecule has 1 heterocycles. The second kappa shape index (κ2) is 2.46. The fraction of sp³-hybridized carbons (Fsp3) is 1.00. The Bertz CT molecular complexity index is 72.9. The molecule has 1 fully saturated rings. The second-order valence-corrected chi connectivity index (χ2v) is 2.49. The molecule has 0 radical (unpaired) electrons. The lowest BCUT2D eigenvalue weighted by molar-refractivity contribution is 0.574. The smallest absolute Gasteiger partial charge is 0.0232 e. The van der Waals surface area contributed by atoms with Gasteiger partial charge in [-0.1, -0.05) is 0 Å². The van der Waals surface area contributed by atoms with Crippen LogP contribution in [0.15, 0.2) is 0 Å². The molecular formula is C6H14N2. The van der Waals surface area contributed by atoms with Crippen LogP contribution in [0, 0.1) is 0 Å². The zero-order valence-corrected chi connectivity index (χ0v) is 5.65. The first kappa shape index (κ1) is 6.05. The molecule has 1 saturated heterocycles. The number of nitrogens with zero attached hydrogens (tertiary/aromatic N) is 1. The Kier molecular flexibility index (Phi) is 1.86. The average Bonchev–Trinajstić information content (AvgIpc) is 2.42. The summed E-state index contributed by atoms with van der Waals surface area (Å²) < 4.78 is 0. The van der Waals surface area contributed by atoms with Gasteiger partial charge in [0, 0.05) is 12.6 Å². The van der Waals surface area contributed by atoms with E-state index in [1.54, 1.807) is 0 Å². The van der Waals surface area contributed by atoms with Gasteiger partial charge in [-0.15, -0.1) is 0 Å². The normalized spacial score (nSPS) is 35.2. The SMILES string of the molecule is CNCCC1CN1C.